The van der Waals surface area contributed by atoms with E-state index in [1.165, 1.54) is 0 Å². The number of carbonyl (C=O) groups is 3. The average molecular weight is 288 g/mol. The topological polar surface area (TPSA) is 105 Å². The van der Waals surface area contributed by atoms with Crippen LogP contribution < -0.4 is 10.6 Å². The van der Waals surface area contributed by atoms with Crippen LogP contribution in [0.3, 0.4) is 0 Å². The van der Waals surface area contributed by atoms with Crippen LogP contribution in [-0.4, -0.2) is 42.8 Å². The molecule has 0 heterocycles. The minimum atomic E-state index is -0.826. The van der Waals surface area contributed by atoms with Gasteiger partial charge in [0.05, 0.1) is 12.5 Å². The van der Waals surface area contributed by atoms with Crippen molar-refractivity contribution in [3.05, 3.63) is 0 Å². The Morgan fingerprint density at radius 2 is 1.75 bits per heavy atom. The molecule has 0 radical (unpaired) electrons. The Kier molecular flexibility index (Phi) is 10.1. The fraction of sp³-hybridized carbons (Fsp3) is 0.769. The van der Waals surface area contributed by atoms with Gasteiger partial charge in [0.2, 0.25) is 0 Å². The maximum Gasteiger partial charge on any atom is 0.314 e. The SMILES string of the molecule is CCOC(=O)CCCNC(=O)NCCCC(C)C(=O)O. The van der Waals surface area contributed by atoms with Crippen molar-refractivity contribution >= 4 is 18.0 Å². The Hall–Kier alpha value is -1.79. The number of nitrogens with one attached hydrogen (secondary N) is 2. The summed E-state index contributed by atoms with van der Waals surface area (Å²) in [5.41, 5.74) is 0. The maximum atomic E-state index is 11.3. The molecule has 0 aromatic heterocycles. The number of esters is 1. The van der Waals surface area contributed by atoms with E-state index in [0.29, 0.717) is 39.0 Å². The van der Waals surface area contributed by atoms with Gasteiger partial charge < -0.3 is 20.5 Å². The molecule has 1 atom stereocenters. The summed E-state index contributed by atoms with van der Waals surface area (Å²) in [5.74, 6) is -1.49. The summed E-state index contributed by atoms with van der Waals surface area (Å²) >= 11 is 0. The largest absolute Gasteiger partial charge is 0.481 e. The second-order valence-corrected chi connectivity index (χ2v) is 4.47. The number of rotatable bonds is 10. The minimum Gasteiger partial charge on any atom is -0.481 e. The first-order valence-corrected chi connectivity index (χ1v) is 6.87. The van der Waals surface area contributed by atoms with Crippen molar-refractivity contribution in [2.75, 3.05) is 19.7 Å². The van der Waals surface area contributed by atoms with Crippen molar-refractivity contribution in [3.8, 4) is 0 Å². The van der Waals surface area contributed by atoms with Crippen LogP contribution in [0, 0.1) is 5.92 Å². The van der Waals surface area contributed by atoms with E-state index >= 15 is 0 Å². The molecule has 0 aromatic rings. The van der Waals surface area contributed by atoms with E-state index in [2.05, 4.69) is 10.6 Å². The molecule has 0 rings (SSSR count). The number of ether oxygens (including phenoxy) is 1. The number of carbonyl (C=O) groups excluding carboxylic acids is 2. The van der Waals surface area contributed by atoms with Crippen molar-refractivity contribution < 1.29 is 24.2 Å². The highest BCUT2D eigenvalue weighted by molar-refractivity contribution is 5.74. The molecule has 20 heavy (non-hydrogen) atoms. The molecule has 7 nitrogen and oxygen atoms in total. The van der Waals surface area contributed by atoms with E-state index in [1.54, 1.807) is 13.8 Å². The number of hydrogen-bond acceptors (Lipinski definition) is 4. The molecule has 0 fully saturated rings. The normalized spacial score (nSPS) is 11.5. The van der Waals surface area contributed by atoms with Gasteiger partial charge >= 0.3 is 18.0 Å². The van der Waals surface area contributed by atoms with Gasteiger partial charge in [0, 0.05) is 19.5 Å². The molecule has 0 spiro atoms. The van der Waals surface area contributed by atoms with Gasteiger partial charge in [0.25, 0.3) is 0 Å². The fourth-order valence-corrected chi connectivity index (χ4v) is 1.46. The van der Waals surface area contributed by atoms with Crippen molar-refractivity contribution in [1.29, 1.82) is 0 Å². The van der Waals surface area contributed by atoms with E-state index in [-0.39, 0.29) is 18.4 Å². The van der Waals surface area contributed by atoms with Gasteiger partial charge in [0.1, 0.15) is 0 Å². The van der Waals surface area contributed by atoms with Gasteiger partial charge in [-0.1, -0.05) is 6.92 Å². The first-order chi connectivity index (χ1) is 9.47. The maximum absolute atomic E-state index is 11.3. The molecular formula is C13H24N2O5. The Balaban J connectivity index is 3.46. The number of carboxylic acids is 1. The minimum absolute atomic E-state index is 0.266. The second-order valence-electron chi connectivity index (χ2n) is 4.47. The van der Waals surface area contributed by atoms with Gasteiger partial charge in [-0.3, -0.25) is 9.59 Å². The Morgan fingerprint density at radius 3 is 2.30 bits per heavy atom. The zero-order chi connectivity index (χ0) is 15.4. The van der Waals surface area contributed by atoms with Crippen LogP contribution in [0.1, 0.15) is 39.5 Å². The third kappa shape index (κ3) is 10.2. The molecule has 0 aromatic carbocycles. The van der Waals surface area contributed by atoms with Crippen LogP contribution in [0.2, 0.25) is 0 Å². The monoisotopic (exact) mass is 288 g/mol. The van der Waals surface area contributed by atoms with E-state index in [9.17, 15) is 14.4 Å². The molecule has 116 valence electrons. The van der Waals surface area contributed by atoms with Crippen molar-refractivity contribution in [2.24, 2.45) is 5.92 Å². The van der Waals surface area contributed by atoms with Crippen LogP contribution in [0.4, 0.5) is 4.79 Å². The predicted molar refractivity (Wildman–Crippen MR) is 73.3 cm³/mol. The second kappa shape index (κ2) is 11.1. The van der Waals surface area contributed by atoms with E-state index in [0.717, 1.165) is 0 Å². The highest BCUT2D eigenvalue weighted by atomic mass is 16.5. The predicted octanol–water partition coefficient (Wildman–Crippen LogP) is 1.13. The lowest BCUT2D eigenvalue weighted by Gasteiger charge is -2.08. The van der Waals surface area contributed by atoms with Crippen LogP contribution in [0.25, 0.3) is 0 Å². The lowest BCUT2D eigenvalue weighted by Crippen LogP contribution is -2.36. The first kappa shape index (κ1) is 18.2. The summed E-state index contributed by atoms with van der Waals surface area (Å²) in [6.45, 7) is 4.58. The molecule has 0 aliphatic heterocycles. The summed E-state index contributed by atoms with van der Waals surface area (Å²) < 4.78 is 4.75. The summed E-state index contributed by atoms with van der Waals surface area (Å²) in [7, 11) is 0. The zero-order valence-electron chi connectivity index (χ0n) is 12.1. The van der Waals surface area contributed by atoms with Crippen LogP contribution in [0.5, 0.6) is 0 Å². The molecule has 1 unspecified atom stereocenters. The molecular weight excluding hydrogens is 264 g/mol. The molecule has 0 aliphatic rings. The molecule has 0 bridgehead atoms. The summed E-state index contributed by atoms with van der Waals surface area (Å²) in [5, 5.41) is 13.9. The Morgan fingerprint density at radius 1 is 1.15 bits per heavy atom. The van der Waals surface area contributed by atoms with Crippen LogP contribution in [-0.2, 0) is 14.3 Å². The van der Waals surface area contributed by atoms with Crippen LogP contribution >= 0.6 is 0 Å². The van der Waals surface area contributed by atoms with Gasteiger partial charge in [0.15, 0.2) is 0 Å². The summed E-state index contributed by atoms with van der Waals surface area (Å²) in [4.78, 5) is 32.9. The fourth-order valence-electron chi connectivity index (χ4n) is 1.46. The highest BCUT2D eigenvalue weighted by Crippen LogP contribution is 2.03. The third-order valence-electron chi connectivity index (χ3n) is 2.67. The Labute approximate surface area is 119 Å². The van der Waals surface area contributed by atoms with Gasteiger partial charge in [-0.2, -0.15) is 0 Å². The van der Waals surface area contributed by atoms with Crippen molar-refractivity contribution in [1.82, 2.24) is 10.6 Å². The molecule has 0 saturated heterocycles. The molecule has 7 heteroatoms. The lowest BCUT2D eigenvalue weighted by atomic mass is 10.1. The van der Waals surface area contributed by atoms with Crippen molar-refractivity contribution in [3.63, 3.8) is 0 Å². The number of hydrogen-bond donors (Lipinski definition) is 3. The number of carboxylic acid groups (broad SMARTS) is 1. The number of urea groups is 1. The summed E-state index contributed by atoms with van der Waals surface area (Å²) in [6.07, 6.45) is 1.95. The van der Waals surface area contributed by atoms with E-state index in [1.807, 2.05) is 0 Å². The molecule has 0 saturated carbocycles. The lowest BCUT2D eigenvalue weighted by molar-refractivity contribution is -0.143. The van der Waals surface area contributed by atoms with Gasteiger partial charge in [-0.05, 0) is 26.2 Å². The smallest absolute Gasteiger partial charge is 0.314 e. The first-order valence-electron chi connectivity index (χ1n) is 6.87. The van der Waals surface area contributed by atoms with E-state index < -0.39 is 11.9 Å². The number of aliphatic carboxylic acids is 1. The van der Waals surface area contributed by atoms with Gasteiger partial charge in [-0.15, -0.1) is 0 Å². The average Bonchev–Trinajstić information content (AvgIpc) is 2.39. The quantitative estimate of drug-likeness (QED) is 0.413. The molecule has 2 amide bonds. The van der Waals surface area contributed by atoms with E-state index in [4.69, 9.17) is 9.84 Å². The molecule has 3 N–H and O–H groups in total. The van der Waals surface area contributed by atoms with Gasteiger partial charge in [-0.25, -0.2) is 4.79 Å². The number of amides is 2. The zero-order valence-corrected chi connectivity index (χ0v) is 12.1. The van der Waals surface area contributed by atoms with Crippen LogP contribution in [0.15, 0.2) is 0 Å². The molecule has 0 aliphatic carbocycles. The highest BCUT2D eigenvalue weighted by Gasteiger charge is 2.10. The third-order valence-corrected chi connectivity index (χ3v) is 2.67. The standard InChI is InChI=1S/C13H24N2O5/c1-3-20-11(16)7-5-9-15-13(19)14-8-4-6-10(2)12(17)18/h10H,3-9H2,1-2H3,(H,17,18)(H2,14,15,19). The Bertz CT molecular complexity index is 320. The summed E-state index contributed by atoms with van der Waals surface area (Å²) in [6, 6.07) is -0.308. The van der Waals surface area contributed by atoms with Crippen molar-refractivity contribution in [2.45, 2.75) is 39.5 Å².